The number of rotatable bonds is 5. The molecule has 0 saturated heterocycles. The van der Waals surface area contributed by atoms with Crippen LogP contribution < -0.4 is 0 Å². The van der Waals surface area contributed by atoms with Crippen LogP contribution >= 0.6 is 0 Å². The van der Waals surface area contributed by atoms with Gasteiger partial charge in [0.1, 0.15) is 0 Å². The minimum atomic E-state index is -0.839. The van der Waals surface area contributed by atoms with E-state index in [0.29, 0.717) is 0 Å². The summed E-state index contributed by atoms with van der Waals surface area (Å²) < 4.78 is 5.72. The lowest BCUT2D eigenvalue weighted by Gasteiger charge is -2.15. The first-order chi connectivity index (χ1) is 4.74. The maximum absolute atomic E-state index is 5.72. The summed E-state index contributed by atoms with van der Waals surface area (Å²) in [5.74, 6) is 0. The average Bonchev–Trinajstić information content (AvgIpc) is 1.99. The van der Waals surface area contributed by atoms with E-state index in [1.165, 1.54) is 12.1 Å². The molecule has 0 aliphatic heterocycles. The van der Waals surface area contributed by atoms with Gasteiger partial charge in [0, 0.05) is 0 Å². The molecule has 0 fully saturated rings. The highest BCUT2D eigenvalue weighted by atomic mass is 28.3. The van der Waals surface area contributed by atoms with Crippen LogP contribution in [0.5, 0.6) is 0 Å². The van der Waals surface area contributed by atoms with E-state index in [-0.39, 0.29) is 6.10 Å². The van der Waals surface area contributed by atoms with Gasteiger partial charge in [0.25, 0.3) is 0 Å². The smallest absolute Gasteiger partial charge is 0.177 e. The molecule has 1 atom stereocenters. The van der Waals surface area contributed by atoms with Gasteiger partial charge < -0.3 is 4.43 Å². The van der Waals surface area contributed by atoms with Gasteiger partial charge in [-0.3, -0.25) is 0 Å². The third-order valence-corrected chi connectivity index (χ3v) is 4.29. The monoisotopic (exact) mass is 158 g/mol. The summed E-state index contributed by atoms with van der Waals surface area (Å²) in [6.07, 6.45) is 2.13. The van der Waals surface area contributed by atoms with Crippen LogP contribution in [-0.2, 0) is 4.43 Å². The maximum atomic E-state index is 5.72. The predicted octanol–water partition coefficient (Wildman–Crippen LogP) is 2.34. The van der Waals surface area contributed by atoms with Crippen molar-refractivity contribution >= 4 is 9.04 Å². The zero-order chi connectivity index (χ0) is 7.98. The molecule has 10 heavy (non-hydrogen) atoms. The summed E-state index contributed by atoms with van der Waals surface area (Å²) in [5, 5.41) is 0. The molecular formula is C8H18OSi. The van der Waals surface area contributed by atoms with Crippen molar-refractivity contribution < 1.29 is 4.43 Å². The standard InChI is InChI=1S/C8H18OSi/c1-5-8(4)9-10(6-2)7-3/h5,8,10H,1,6-7H2,2-4H3. The topological polar surface area (TPSA) is 9.23 Å². The highest BCUT2D eigenvalue weighted by Gasteiger charge is 2.07. The fourth-order valence-corrected chi connectivity index (χ4v) is 2.52. The molecule has 0 amide bonds. The van der Waals surface area contributed by atoms with Gasteiger partial charge in [-0.1, -0.05) is 19.9 Å². The molecule has 0 aromatic heterocycles. The van der Waals surface area contributed by atoms with Crippen LogP contribution in [0.1, 0.15) is 20.8 Å². The van der Waals surface area contributed by atoms with Crippen molar-refractivity contribution in [2.45, 2.75) is 39.0 Å². The summed E-state index contributed by atoms with van der Waals surface area (Å²) in [7, 11) is -0.839. The Morgan fingerprint density at radius 2 is 2.00 bits per heavy atom. The van der Waals surface area contributed by atoms with Gasteiger partial charge in [0.05, 0.1) is 6.10 Å². The predicted molar refractivity (Wildman–Crippen MR) is 48.9 cm³/mol. The van der Waals surface area contributed by atoms with Crippen molar-refractivity contribution in [2.75, 3.05) is 0 Å². The van der Waals surface area contributed by atoms with E-state index in [0.717, 1.165) is 0 Å². The van der Waals surface area contributed by atoms with Crippen molar-refractivity contribution in [3.8, 4) is 0 Å². The molecule has 0 N–H and O–H groups in total. The van der Waals surface area contributed by atoms with Crippen molar-refractivity contribution in [1.29, 1.82) is 0 Å². The molecule has 0 aliphatic carbocycles. The van der Waals surface area contributed by atoms with Crippen molar-refractivity contribution in [2.24, 2.45) is 0 Å². The summed E-state index contributed by atoms with van der Waals surface area (Å²) in [6.45, 7) is 10.1. The fourth-order valence-electron chi connectivity index (χ4n) is 0.840. The highest BCUT2D eigenvalue weighted by Crippen LogP contribution is 2.03. The fraction of sp³-hybridized carbons (Fsp3) is 0.750. The molecule has 1 unspecified atom stereocenters. The Morgan fingerprint density at radius 3 is 2.30 bits per heavy atom. The first-order valence-corrected chi connectivity index (χ1v) is 6.13. The van der Waals surface area contributed by atoms with Crippen molar-refractivity contribution in [1.82, 2.24) is 0 Å². The second-order valence-corrected chi connectivity index (χ2v) is 5.66. The van der Waals surface area contributed by atoms with Crippen LogP contribution in [0.3, 0.4) is 0 Å². The lowest BCUT2D eigenvalue weighted by atomic mass is 10.4. The first kappa shape index (κ1) is 9.92. The van der Waals surface area contributed by atoms with Crippen LogP contribution in [0.4, 0.5) is 0 Å². The number of hydrogen-bond donors (Lipinski definition) is 0. The molecule has 1 nitrogen and oxygen atoms in total. The number of hydrogen-bond acceptors (Lipinski definition) is 1. The Balaban J connectivity index is 3.51. The van der Waals surface area contributed by atoms with Crippen LogP contribution in [0.15, 0.2) is 12.7 Å². The average molecular weight is 158 g/mol. The van der Waals surface area contributed by atoms with E-state index in [1.807, 2.05) is 6.08 Å². The molecule has 0 radical (unpaired) electrons. The summed E-state index contributed by atoms with van der Waals surface area (Å²) in [5.41, 5.74) is 0. The lowest BCUT2D eigenvalue weighted by molar-refractivity contribution is 0.270. The molecule has 60 valence electrons. The van der Waals surface area contributed by atoms with Gasteiger partial charge in [0.2, 0.25) is 0 Å². The third kappa shape index (κ3) is 3.85. The molecule has 0 rings (SSSR count). The second-order valence-electron chi connectivity index (χ2n) is 2.52. The summed E-state index contributed by atoms with van der Waals surface area (Å²) in [4.78, 5) is 0. The van der Waals surface area contributed by atoms with E-state index in [2.05, 4.69) is 27.4 Å². The molecule has 0 saturated carbocycles. The lowest BCUT2D eigenvalue weighted by Crippen LogP contribution is -2.20. The van der Waals surface area contributed by atoms with Crippen LogP contribution in [0, 0.1) is 0 Å². The molecule has 0 aliphatic rings. The van der Waals surface area contributed by atoms with Crippen molar-refractivity contribution in [3.05, 3.63) is 12.7 Å². The molecule has 0 aromatic carbocycles. The van der Waals surface area contributed by atoms with E-state index in [9.17, 15) is 0 Å². The zero-order valence-corrected chi connectivity index (χ0v) is 8.42. The van der Waals surface area contributed by atoms with E-state index < -0.39 is 9.04 Å². The first-order valence-electron chi connectivity index (χ1n) is 4.02. The Kier molecular flexibility index (Phi) is 5.64. The normalized spacial score (nSPS) is 13.6. The van der Waals surface area contributed by atoms with Gasteiger partial charge in [-0.05, 0) is 19.0 Å². The van der Waals surface area contributed by atoms with Crippen LogP contribution in [0.25, 0.3) is 0 Å². The highest BCUT2D eigenvalue weighted by molar-refractivity contribution is 6.51. The Labute approximate surface area is 65.8 Å². The van der Waals surface area contributed by atoms with E-state index >= 15 is 0 Å². The SMILES string of the molecule is C=CC(C)O[SiH](CC)CC. The van der Waals surface area contributed by atoms with E-state index in [4.69, 9.17) is 4.43 Å². The van der Waals surface area contributed by atoms with Gasteiger partial charge in [-0.25, -0.2) is 0 Å². The molecule has 0 bridgehead atoms. The molecule has 0 aromatic rings. The van der Waals surface area contributed by atoms with Crippen LogP contribution in [-0.4, -0.2) is 15.1 Å². The molecule has 2 heteroatoms. The Bertz CT molecular complexity index is 89.3. The summed E-state index contributed by atoms with van der Waals surface area (Å²) in [6, 6.07) is 2.46. The minimum Gasteiger partial charge on any atom is -0.414 e. The van der Waals surface area contributed by atoms with Crippen molar-refractivity contribution in [3.63, 3.8) is 0 Å². The largest absolute Gasteiger partial charge is 0.414 e. The van der Waals surface area contributed by atoms with Gasteiger partial charge in [0.15, 0.2) is 9.04 Å². The molecular weight excluding hydrogens is 140 g/mol. The zero-order valence-electron chi connectivity index (χ0n) is 7.26. The van der Waals surface area contributed by atoms with Gasteiger partial charge >= 0.3 is 0 Å². The minimum absolute atomic E-state index is 0.261. The Morgan fingerprint density at radius 1 is 1.50 bits per heavy atom. The maximum Gasteiger partial charge on any atom is 0.177 e. The Hall–Kier alpha value is -0.0831. The second kappa shape index (κ2) is 5.68. The molecule has 0 spiro atoms. The van der Waals surface area contributed by atoms with Crippen LogP contribution in [0.2, 0.25) is 12.1 Å². The van der Waals surface area contributed by atoms with Gasteiger partial charge in [-0.15, -0.1) is 6.58 Å². The van der Waals surface area contributed by atoms with Gasteiger partial charge in [-0.2, -0.15) is 0 Å². The summed E-state index contributed by atoms with van der Waals surface area (Å²) >= 11 is 0. The third-order valence-electron chi connectivity index (χ3n) is 1.65. The quantitative estimate of drug-likeness (QED) is 0.441. The van der Waals surface area contributed by atoms with E-state index in [1.54, 1.807) is 0 Å². The molecule has 0 heterocycles.